The first-order valence-electron chi connectivity index (χ1n) is 9.11. The summed E-state index contributed by atoms with van der Waals surface area (Å²) in [5.74, 6) is -0.325. The van der Waals surface area contributed by atoms with E-state index in [1.54, 1.807) is 25.3 Å². The van der Waals surface area contributed by atoms with Gasteiger partial charge in [-0.25, -0.2) is 9.37 Å². The van der Waals surface area contributed by atoms with Crippen LogP contribution in [0.4, 0.5) is 10.3 Å². The number of nitrogens with zero attached hydrogens (tertiary/aromatic N) is 2. The largest absolute Gasteiger partial charge is 0.493 e. The summed E-state index contributed by atoms with van der Waals surface area (Å²) in [5.41, 5.74) is 1.51. The lowest BCUT2D eigenvalue weighted by atomic mass is 10.0. The SMILES string of the molecule is [2H]C([2H])(Nc1ncc(-c2cccnc2C)c(=O)[nH]1)c1c(F)ccc2c1CCO2. The van der Waals surface area contributed by atoms with Crippen LogP contribution in [0, 0.1) is 12.7 Å². The summed E-state index contributed by atoms with van der Waals surface area (Å²) in [4.78, 5) is 23.3. The maximum Gasteiger partial charge on any atom is 0.260 e. The van der Waals surface area contributed by atoms with E-state index in [-0.39, 0.29) is 11.5 Å². The van der Waals surface area contributed by atoms with Gasteiger partial charge in [0, 0.05) is 47.7 Å². The van der Waals surface area contributed by atoms with Gasteiger partial charge < -0.3 is 10.1 Å². The molecule has 132 valence electrons. The van der Waals surface area contributed by atoms with E-state index >= 15 is 0 Å². The summed E-state index contributed by atoms with van der Waals surface area (Å²) >= 11 is 0. The van der Waals surface area contributed by atoms with Crippen molar-refractivity contribution in [3.8, 4) is 16.9 Å². The quantitative estimate of drug-likeness (QED) is 0.753. The van der Waals surface area contributed by atoms with Crippen LogP contribution < -0.4 is 15.6 Å². The summed E-state index contributed by atoms with van der Waals surface area (Å²) in [6, 6.07) is 6.13. The average molecular weight is 354 g/mol. The molecule has 0 atom stereocenters. The first kappa shape index (κ1) is 14.0. The molecule has 1 aliphatic rings. The summed E-state index contributed by atoms with van der Waals surface area (Å²) in [5, 5.41) is 2.49. The van der Waals surface area contributed by atoms with Crippen molar-refractivity contribution in [1.29, 1.82) is 0 Å². The van der Waals surface area contributed by atoms with Gasteiger partial charge in [0.15, 0.2) is 0 Å². The second-order valence-corrected chi connectivity index (χ2v) is 5.86. The summed E-state index contributed by atoms with van der Waals surface area (Å²) < 4.78 is 36.5. The van der Waals surface area contributed by atoms with Crippen LogP contribution >= 0.6 is 0 Å². The Hall–Kier alpha value is -3.22. The number of H-pyrrole nitrogens is 1. The fraction of sp³-hybridized carbons (Fsp3) is 0.211. The van der Waals surface area contributed by atoms with E-state index in [1.165, 1.54) is 18.3 Å². The second kappa shape index (κ2) is 6.59. The molecule has 26 heavy (non-hydrogen) atoms. The van der Waals surface area contributed by atoms with Crippen LogP contribution in [0.25, 0.3) is 11.1 Å². The molecule has 7 heteroatoms. The van der Waals surface area contributed by atoms with E-state index in [0.29, 0.717) is 41.2 Å². The van der Waals surface area contributed by atoms with Crippen molar-refractivity contribution < 1.29 is 11.9 Å². The van der Waals surface area contributed by atoms with Crippen LogP contribution in [-0.2, 0) is 12.9 Å². The molecule has 3 heterocycles. The number of aromatic amines is 1. The van der Waals surface area contributed by atoms with Crippen molar-refractivity contribution >= 4 is 5.95 Å². The number of aryl methyl sites for hydroxylation is 1. The van der Waals surface area contributed by atoms with Crippen molar-refractivity contribution in [3.05, 3.63) is 69.7 Å². The fourth-order valence-electron chi connectivity index (χ4n) is 2.92. The third kappa shape index (κ3) is 2.92. The molecule has 1 aromatic carbocycles. The van der Waals surface area contributed by atoms with Gasteiger partial charge in [-0.15, -0.1) is 0 Å². The van der Waals surface area contributed by atoms with Crippen LogP contribution in [0.5, 0.6) is 5.75 Å². The molecule has 0 aliphatic carbocycles. The average Bonchev–Trinajstić information content (AvgIpc) is 3.10. The highest BCUT2D eigenvalue weighted by atomic mass is 19.1. The van der Waals surface area contributed by atoms with Crippen LogP contribution in [0.3, 0.4) is 0 Å². The third-order valence-electron chi connectivity index (χ3n) is 4.23. The molecule has 2 aromatic heterocycles. The van der Waals surface area contributed by atoms with Crippen LogP contribution in [-0.4, -0.2) is 21.6 Å². The Balaban J connectivity index is 1.69. The standard InChI is InChI=1S/C19H17FN4O2/c1-11-12(3-2-7-21-11)15-10-23-19(24-18(15)25)22-9-14-13-6-8-26-17(13)5-4-16(14)20/h2-5,7,10H,6,8-9H2,1H3,(H2,22,23,24,25)/i9D2. The van der Waals surface area contributed by atoms with Crippen LogP contribution in [0.15, 0.2) is 41.5 Å². The zero-order valence-corrected chi connectivity index (χ0v) is 14.0. The van der Waals surface area contributed by atoms with Crippen LogP contribution in [0.2, 0.25) is 0 Å². The molecule has 0 bridgehead atoms. The van der Waals surface area contributed by atoms with E-state index in [2.05, 4.69) is 20.3 Å². The number of aromatic nitrogens is 3. The Kier molecular flexibility index (Phi) is 3.55. The zero-order valence-electron chi connectivity index (χ0n) is 16.0. The second-order valence-electron chi connectivity index (χ2n) is 5.86. The highest BCUT2D eigenvalue weighted by molar-refractivity contribution is 5.64. The number of hydrogen-bond acceptors (Lipinski definition) is 5. The Morgan fingerprint density at radius 3 is 3.04 bits per heavy atom. The van der Waals surface area contributed by atoms with Crippen molar-refractivity contribution in [2.45, 2.75) is 19.8 Å². The maximum absolute atomic E-state index is 14.4. The molecular weight excluding hydrogens is 335 g/mol. The van der Waals surface area contributed by atoms with Gasteiger partial charge in [-0.05, 0) is 25.1 Å². The van der Waals surface area contributed by atoms with Gasteiger partial charge in [-0.3, -0.25) is 14.8 Å². The Bertz CT molecular complexity index is 1120. The van der Waals surface area contributed by atoms with Crippen molar-refractivity contribution in [1.82, 2.24) is 15.0 Å². The minimum atomic E-state index is -2.30. The van der Waals surface area contributed by atoms with E-state index < -0.39 is 17.9 Å². The summed E-state index contributed by atoms with van der Waals surface area (Å²) in [6.45, 7) is -0.151. The number of rotatable bonds is 4. The molecule has 3 aromatic rings. The molecule has 0 unspecified atom stereocenters. The minimum Gasteiger partial charge on any atom is -0.493 e. The molecule has 0 fully saturated rings. The van der Waals surface area contributed by atoms with Crippen molar-refractivity contribution in [2.24, 2.45) is 0 Å². The summed E-state index contributed by atoms with van der Waals surface area (Å²) in [6.07, 6.45) is 3.38. The molecule has 2 N–H and O–H groups in total. The van der Waals surface area contributed by atoms with Gasteiger partial charge in [0.25, 0.3) is 5.56 Å². The fourth-order valence-corrected chi connectivity index (χ4v) is 2.92. The predicted octanol–water partition coefficient (Wildman–Crippen LogP) is 2.83. The zero-order chi connectivity index (χ0) is 19.9. The molecule has 6 nitrogen and oxygen atoms in total. The number of anilines is 1. The monoisotopic (exact) mass is 354 g/mol. The molecule has 0 amide bonds. The smallest absolute Gasteiger partial charge is 0.260 e. The number of ether oxygens (including phenoxy) is 1. The number of fused-ring (bicyclic) bond motifs is 1. The van der Waals surface area contributed by atoms with Gasteiger partial charge in [-0.2, -0.15) is 0 Å². The van der Waals surface area contributed by atoms with E-state index in [0.717, 1.165) is 0 Å². The molecule has 0 saturated heterocycles. The molecule has 0 spiro atoms. The molecule has 0 radical (unpaired) electrons. The maximum atomic E-state index is 14.4. The van der Waals surface area contributed by atoms with Gasteiger partial charge in [0.05, 0.1) is 14.9 Å². The molecular formula is C19H17FN4O2. The van der Waals surface area contributed by atoms with Crippen molar-refractivity contribution in [3.63, 3.8) is 0 Å². The number of halogens is 1. The molecule has 1 aliphatic heterocycles. The van der Waals surface area contributed by atoms with Gasteiger partial charge in [-0.1, -0.05) is 6.07 Å². The number of hydrogen-bond donors (Lipinski definition) is 2. The Morgan fingerprint density at radius 2 is 2.23 bits per heavy atom. The number of pyridine rings is 1. The van der Waals surface area contributed by atoms with Gasteiger partial charge in [0.2, 0.25) is 5.95 Å². The lowest BCUT2D eigenvalue weighted by molar-refractivity contribution is 0.356. The summed E-state index contributed by atoms with van der Waals surface area (Å²) in [7, 11) is 0. The third-order valence-corrected chi connectivity index (χ3v) is 4.23. The van der Waals surface area contributed by atoms with Crippen LogP contribution in [0.1, 0.15) is 19.6 Å². The van der Waals surface area contributed by atoms with E-state index in [4.69, 9.17) is 7.48 Å². The predicted molar refractivity (Wildman–Crippen MR) is 95.8 cm³/mol. The lowest BCUT2D eigenvalue weighted by Gasteiger charge is -2.11. The highest BCUT2D eigenvalue weighted by Crippen LogP contribution is 2.30. The number of benzene rings is 1. The normalized spacial score (nSPS) is 14.2. The Labute approximate surface area is 151 Å². The minimum absolute atomic E-state index is 0.101. The first-order chi connectivity index (χ1) is 13.4. The van der Waals surface area contributed by atoms with E-state index in [9.17, 15) is 9.18 Å². The number of nitrogens with one attached hydrogen (secondary N) is 2. The lowest BCUT2D eigenvalue weighted by Crippen LogP contribution is -2.15. The molecule has 4 rings (SSSR count). The Morgan fingerprint density at radius 1 is 1.35 bits per heavy atom. The van der Waals surface area contributed by atoms with Gasteiger partial charge >= 0.3 is 0 Å². The van der Waals surface area contributed by atoms with Gasteiger partial charge in [0.1, 0.15) is 11.6 Å². The van der Waals surface area contributed by atoms with E-state index in [1.807, 2.05) is 0 Å². The topological polar surface area (TPSA) is 79.9 Å². The first-order valence-corrected chi connectivity index (χ1v) is 8.11. The van der Waals surface area contributed by atoms with Crippen molar-refractivity contribution in [2.75, 3.05) is 11.9 Å². The molecule has 0 saturated carbocycles. The highest BCUT2D eigenvalue weighted by Gasteiger charge is 2.19.